The summed E-state index contributed by atoms with van der Waals surface area (Å²) in [6.07, 6.45) is 0. The van der Waals surface area contributed by atoms with Crippen LogP contribution < -0.4 is 4.74 Å². The van der Waals surface area contributed by atoms with E-state index in [1.165, 1.54) is 33.2 Å². The van der Waals surface area contributed by atoms with Crippen LogP contribution in [0.2, 0.25) is 5.02 Å². The Morgan fingerprint density at radius 3 is 2.60 bits per heavy atom. The lowest BCUT2D eigenvalue weighted by Crippen LogP contribution is -2.33. The maximum atomic E-state index is 12.4. The maximum Gasteiger partial charge on any atom is 0.307 e. The average molecular weight is 322 g/mol. The van der Waals surface area contributed by atoms with Gasteiger partial charge in [-0.2, -0.15) is 0 Å². The van der Waals surface area contributed by atoms with Gasteiger partial charge in [-0.25, -0.2) is 12.7 Å². The molecule has 0 saturated carbocycles. The molecule has 0 saturated heterocycles. The van der Waals surface area contributed by atoms with Gasteiger partial charge >= 0.3 is 5.97 Å². The highest BCUT2D eigenvalue weighted by Crippen LogP contribution is 2.28. The molecule has 0 amide bonds. The molecule has 1 unspecified atom stereocenters. The number of hydrogen-bond acceptors (Lipinski definition) is 4. The Morgan fingerprint density at radius 2 is 2.10 bits per heavy atom. The van der Waals surface area contributed by atoms with Crippen LogP contribution in [0.3, 0.4) is 0 Å². The van der Waals surface area contributed by atoms with Crippen LogP contribution >= 0.6 is 11.6 Å². The fourth-order valence-electron chi connectivity index (χ4n) is 1.54. The number of carbonyl (C=O) groups is 1. The average Bonchev–Trinajstić information content (AvgIpc) is 2.38. The number of carboxylic acids is 1. The first-order chi connectivity index (χ1) is 9.20. The van der Waals surface area contributed by atoms with E-state index in [9.17, 15) is 13.2 Å². The predicted molar refractivity (Wildman–Crippen MR) is 74.6 cm³/mol. The van der Waals surface area contributed by atoms with Crippen molar-refractivity contribution in [2.24, 2.45) is 5.92 Å². The molecule has 0 fully saturated rings. The van der Waals surface area contributed by atoms with E-state index in [1.54, 1.807) is 6.07 Å². The molecule has 0 aromatic heterocycles. The van der Waals surface area contributed by atoms with Gasteiger partial charge in [-0.1, -0.05) is 18.5 Å². The van der Waals surface area contributed by atoms with Crippen LogP contribution in [0.15, 0.2) is 23.1 Å². The Morgan fingerprint density at radius 1 is 1.50 bits per heavy atom. The molecule has 0 aliphatic carbocycles. The van der Waals surface area contributed by atoms with Crippen molar-refractivity contribution in [3.63, 3.8) is 0 Å². The summed E-state index contributed by atoms with van der Waals surface area (Å²) in [5, 5.41) is 8.89. The second-order valence-corrected chi connectivity index (χ2v) is 6.74. The smallest absolute Gasteiger partial charge is 0.307 e. The first-order valence-electron chi connectivity index (χ1n) is 5.72. The standard InChI is InChI=1S/C12H16ClNO5S/c1-8(12(15)16)7-14(2)20(17,18)11-6-9(19-3)4-5-10(11)13/h4-6,8H,7H2,1-3H3,(H,15,16). The van der Waals surface area contributed by atoms with E-state index in [4.69, 9.17) is 21.4 Å². The normalized spacial score (nSPS) is 13.2. The molecule has 0 heterocycles. The number of sulfonamides is 1. The summed E-state index contributed by atoms with van der Waals surface area (Å²) in [4.78, 5) is 10.7. The number of halogens is 1. The summed E-state index contributed by atoms with van der Waals surface area (Å²) in [6.45, 7) is 1.28. The Kier molecular flexibility index (Phi) is 5.38. The van der Waals surface area contributed by atoms with Crippen molar-refractivity contribution < 1.29 is 23.1 Å². The first kappa shape index (κ1) is 16.7. The number of rotatable bonds is 6. The summed E-state index contributed by atoms with van der Waals surface area (Å²) >= 11 is 5.90. The minimum absolute atomic E-state index is 0.0561. The zero-order valence-corrected chi connectivity index (χ0v) is 12.9. The SMILES string of the molecule is COc1ccc(Cl)c(S(=O)(=O)N(C)CC(C)C(=O)O)c1. The van der Waals surface area contributed by atoms with E-state index in [0.717, 1.165) is 4.31 Å². The van der Waals surface area contributed by atoms with E-state index >= 15 is 0 Å². The zero-order chi connectivity index (χ0) is 15.5. The van der Waals surface area contributed by atoms with Crippen LogP contribution in [-0.2, 0) is 14.8 Å². The molecule has 0 aliphatic heterocycles. The van der Waals surface area contributed by atoms with Crippen molar-refractivity contribution in [3.8, 4) is 5.75 Å². The topological polar surface area (TPSA) is 83.9 Å². The lowest BCUT2D eigenvalue weighted by molar-refractivity contribution is -0.141. The summed E-state index contributed by atoms with van der Waals surface area (Å²) < 4.78 is 30.7. The molecular formula is C12H16ClNO5S. The van der Waals surface area contributed by atoms with Gasteiger partial charge in [-0.15, -0.1) is 0 Å². The molecule has 1 aromatic rings. The molecular weight excluding hydrogens is 306 g/mol. The number of ether oxygens (including phenoxy) is 1. The van der Waals surface area contributed by atoms with Crippen molar-refractivity contribution in [3.05, 3.63) is 23.2 Å². The highest BCUT2D eigenvalue weighted by molar-refractivity contribution is 7.89. The third-order valence-corrected chi connectivity index (χ3v) is 5.08. The summed E-state index contributed by atoms with van der Waals surface area (Å²) in [6, 6.07) is 4.27. The van der Waals surface area contributed by atoms with Crippen LogP contribution in [0, 0.1) is 5.92 Å². The van der Waals surface area contributed by atoms with Gasteiger partial charge in [0.15, 0.2) is 0 Å². The molecule has 20 heavy (non-hydrogen) atoms. The van der Waals surface area contributed by atoms with E-state index in [1.807, 2.05) is 0 Å². The Hall–Kier alpha value is -1.31. The van der Waals surface area contributed by atoms with Gasteiger partial charge in [0, 0.05) is 19.7 Å². The molecule has 6 nitrogen and oxygen atoms in total. The molecule has 0 bridgehead atoms. The lowest BCUT2D eigenvalue weighted by Gasteiger charge is -2.20. The van der Waals surface area contributed by atoms with E-state index < -0.39 is 21.9 Å². The molecule has 1 rings (SSSR count). The maximum absolute atomic E-state index is 12.4. The number of benzene rings is 1. The van der Waals surface area contributed by atoms with Gasteiger partial charge in [-0.3, -0.25) is 4.79 Å². The van der Waals surface area contributed by atoms with Crippen molar-refractivity contribution in [1.82, 2.24) is 4.31 Å². The quantitative estimate of drug-likeness (QED) is 0.862. The third-order valence-electron chi connectivity index (χ3n) is 2.78. The van der Waals surface area contributed by atoms with Crippen LogP contribution in [0.1, 0.15) is 6.92 Å². The predicted octanol–water partition coefficient (Wildman–Crippen LogP) is 1.69. The number of aliphatic carboxylic acids is 1. The molecule has 112 valence electrons. The molecule has 0 aliphatic rings. The summed E-state index contributed by atoms with van der Waals surface area (Å²) in [7, 11) is -1.15. The van der Waals surface area contributed by atoms with Crippen LogP contribution in [0.4, 0.5) is 0 Å². The highest BCUT2D eigenvalue weighted by Gasteiger charge is 2.27. The summed E-state index contributed by atoms with van der Waals surface area (Å²) in [5.74, 6) is -1.53. The molecule has 1 aromatic carbocycles. The zero-order valence-electron chi connectivity index (χ0n) is 11.3. The monoisotopic (exact) mass is 321 g/mol. The number of hydrogen-bond donors (Lipinski definition) is 1. The second kappa shape index (κ2) is 6.43. The van der Waals surface area contributed by atoms with Gasteiger partial charge in [0.2, 0.25) is 10.0 Å². The van der Waals surface area contributed by atoms with Gasteiger partial charge in [0.25, 0.3) is 0 Å². The Labute approximate surface area is 123 Å². The largest absolute Gasteiger partial charge is 0.497 e. The van der Waals surface area contributed by atoms with E-state index in [-0.39, 0.29) is 16.5 Å². The lowest BCUT2D eigenvalue weighted by atomic mass is 10.2. The Bertz CT molecular complexity index is 602. The minimum atomic E-state index is -3.87. The van der Waals surface area contributed by atoms with Crippen molar-refractivity contribution in [1.29, 1.82) is 0 Å². The molecule has 0 radical (unpaired) electrons. The van der Waals surface area contributed by atoms with Gasteiger partial charge in [0.05, 0.1) is 18.1 Å². The van der Waals surface area contributed by atoms with Crippen molar-refractivity contribution >= 4 is 27.6 Å². The fraction of sp³-hybridized carbons (Fsp3) is 0.417. The number of methoxy groups -OCH3 is 1. The minimum Gasteiger partial charge on any atom is -0.497 e. The van der Waals surface area contributed by atoms with Crippen LogP contribution in [0.25, 0.3) is 0 Å². The van der Waals surface area contributed by atoms with Crippen LogP contribution in [-0.4, -0.2) is 44.5 Å². The highest BCUT2D eigenvalue weighted by atomic mass is 35.5. The van der Waals surface area contributed by atoms with E-state index in [0.29, 0.717) is 5.75 Å². The second-order valence-electron chi connectivity index (χ2n) is 4.32. The molecule has 1 N–H and O–H groups in total. The molecule has 1 atom stereocenters. The third kappa shape index (κ3) is 3.62. The van der Waals surface area contributed by atoms with Gasteiger partial charge < -0.3 is 9.84 Å². The molecule has 8 heteroatoms. The number of nitrogens with zero attached hydrogens (tertiary/aromatic N) is 1. The van der Waals surface area contributed by atoms with E-state index in [2.05, 4.69) is 0 Å². The van der Waals surface area contributed by atoms with Gasteiger partial charge in [0.1, 0.15) is 10.6 Å². The fourth-order valence-corrected chi connectivity index (χ4v) is 3.28. The van der Waals surface area contributed by atoms with Crippen LogP contribution in [0.5, 0.6) is 5.75 Å². The van der Waals surface area contributed by atoms with Crippen molar-refractivity contribution in [2.75, 3.05) is 20.7 Å². The van der Waals surface area contributed by atoms with Gasteiger partial charge in [-0.05, 0) is 12.1 Å². The molecule has 0 spiro atoms. The van der Waals surface area contributed by atoms with Crippen molar-refractivity contribution in [2.45, 2.75) is 11.8 Å². The summed E-state index contributed by atoms with van der Waals surface area (Å²) in [5.41, 5.74) is 0. The number of carboxylic acid groups (broad SMARTS) is 1. The first-order valence-corrected chi connectivity index (χ1v) is 7.54. The Balaban J connectivity index is 3.13.